The van der Waals surface area contributed by atoms with Gasteiger partial charge in [0.1, 0.15) is 0 Å². The lowest BCUT2D eigenvalue weighted by Crippen LogP contribution is -2.71. The first-order valence-electron chi connectivity index (χ1n) is 6.72. The van der Waals surface area contributed by atoms with Crippen LogP contribution in [0.15, 0.2) is 0 Å². The van der Waals surface area contributed by atoms with E-state index in [-0.39, 0.29) is 11.8 Å². The van der Waals surface area contributed by atoms with Crippen molar-refractivity contribution in [1.82, 2.24) is 0 Å². The van der Waals surface area contributed by atoms with Crippen molar-refractivity contribution in [3.8, 4) is 0 Å². The maximum Gasteiger partial charge on any atom is 0.321 e. The van der Waals surface area contributed by atoms with Crippen LogP contribution in [0, 0.1) is 29.1 Å². The first kappa shape index (κ1) is 17.9. The molecular weight excluding hydrogens is 300 g/mol. The fraction of sp³-hybridized carbons (Fsp3) is 0.846. The van der Waals surface area contributed by atoms with Crippen LogP contribution >= 0.6 is 0 Å². The van der Waals surface area contributed by atoms with Gasteiger partial charge in [-0.05, 0) is 11.8 Å². The predicted molar refractivity (Wildman–Crippen MR) is 74.1 cm³/mol. The van der Waals surface area contributed by atoms with Gasteiger partial charge in [-0.3, -0.25) is 13.8 Å². The SMILES string of the molecule is CC(C)C1C(OS(C)(=O)=O)C(C(C)C)C1(C(=O)O)C(=O)O. The number of carboxylic acid groups (broad SMARTS) is 2. The topological polar surface area (TPSA) is 118 Å². The Kier molecular flexibility index (Phi) is 4.74. The predicted octanol–water partition coefficient (Wildman–Crippen LogP) is 1.04. The molecule has 0 aromatic rings. The summed E-state index contributed by atoms with van der Waals surface area (Å²) in [6.45, 7) is 6.67. The minimum absolute atomic E-state index is 0.348. The molecule has 0 aromatic carbocycles. The lowest BCUT2D eigenvalue weighted by molar-refractivity contribution is -0.225. The number of carbonyl (C=O) groups is 2. The molecule has 1 saturated carbocycles. The Morgan fingerprint density at radius 3 is 1.52 bits per heavy atom. The molecule has 0 aliphatic heterocycles. The molecule has 21 heavy (non-hydrogen) atoms. The number of carboxylic acids is 2. The number of hydrogen-bond donors (Lipinski definition) is 2. The average Bonchev–Trinajstić information content (AvgIpc) is 2.18. The van der Waals surface area contributed by atoms with E-state index in [9.17, 15) is 28.2 Å². The van der Waals surface area contributed by atoms with Gasteiger partial charge in [0.25, 0.3) is 10.1 Å². The molecule has 1 fully saturated rings. The highest BCUT2D eigenvalue weighted by atomic mass is 32.2. The van der Waals surface area contributed by atoms with Crippen molar-refractivity contribution in [2.24, 2.45) is 29.1 Å². The highest BCUT2D eigenvalue weighted by Crippen LogP contribution is 2.59. The van der Waals surface area contributed by atoms with E-state index >= 15 is 0 Å². The third kappa shape index (κ3) is 2.78. The van der Waals surface area contributed by atoms with E-state index < -0.39 is 45.4 Å². The van der Waals surface area contributed by atoms with E-state index in [1.165, 1.54) is 0 Å². The third-order valence-corrected chi connectivity index (χ3v) is 4.76. The molecule has 2 N–H and O–H groups in total. The molecule has 0 heterocycles. The van der Waals surface area contributed by atoms with E-state index in [0.29, 0.717) is 0 Å². The van der Waals surface area contributed by atoms with Gasteiger partial charge in [0.2, 0.25) is 0 Å². The van der Waals surface area contributed by atoms with E-state index in [2.05, 4.69) is 0 Å². The van der Waals surface area contributed by atoms with Crippen LogP contribution in [-0.2, 0) is 23.9 Å². The Morgan fingerprint density at radius 1 is 1.00 bits per heavy atom. The van der Waals surface area contributed by atoms with E-state index in [4.69, 9.17) is 4.18 Å². The minimum atomic E-state index is -3.80. The smallest absolute Gasteiger partial charge is 0.321 e. The van der Waals surface area contributed by atoms with Gasteiger partial charge in [-0.2, -0.15) is 8.42 Å². The summed E-state index contributed by atoms with van der Waals surface area (Å²) >= 11 is 0. The van der Waals surface area contributed by atoms with Crippen LogP contribution in [0.3, 0.4) is 0 Å². The van der Waals surface area contributed by atoms with Gasteiger partial charge < -0.3 is 10.2 Å². The molecule has 2 atom stereocenters. The van der Waals surface area contributed by atoms with Crippen molar-refractivity contribution >= 4 is 22.1 Å². The summed E-state index contributed by atoms with van der Waals surface area (Å²) in [4.78, 5) is 23.4. The second-order valence-electron chi connectivity index (χ2n) is 6.28. The largest absolute Gasteiger partial charge is 0.480 e. The molecule has 0 bridgehead atoms. The number of aliphatic carboxylic acids is 2. The maximum absolute atomic E-state index is 11.7. The molecule has 0 amide bonds. The molecule has 0 spiro atoms. The molecule has 8 heteroatoms. The molecule has 0 aromatic heterocycles. The first-order valence-corrected chi connectivity index (χ1v) is 8.54. The molecule has 122 valence electrons. The van der Waals surface area contributed by atoms with E-state index in [1.54, 1.807) is 27.7 Å². The zero-order chi connectivity index (χ0) is 16.7. The fourth-order valence-electron chi connectivity index (χ4n) is 3.64. The molecule has 7 nitrogen and oxygen atoms in total. The van der Waals surface area contributed by atoms with Crippen molar-refractivity contribution in [3.05, 3.63) is 0 Å². The standard InChI is InChI=1S/C13H22O7S/c1-6(2)8-10(20-21(5,18)19)9(7(3)4)13(8,11(14)15)12(16)17/h6-10H,1-5H3,(H,14,15)(H,16,17). The fourth-order valence-corrected chi connectivity index (χ4v) is 4.28. The van der Waals surface area contributed by atoms with Crippen LogP contribution in [0.5, 0.6) is 0 Å². The van der Waals surface area contributed by atoms with Gasteiger partial charge in [0.15, 0.2) is 5.41 Å². The molecule has 0 radical (unpaired) electrons. The van der Waals surface area contributed by atoms with Crippen molar-refractivity contribution in [2.45, 2.75) is 33.8 Å². The number of rotatable bonds is 6. The zero-order valence-electron chi connectivity index (χ0n) is 12.7. The van der Waals surface area contributed by atoms with Crippen LogP contribution in [0.2, 0.25) is 0 Å². The van der Waals surface area contributed by atoms with Crippen molar-refractivity contribution < 1.29 is 32.4 Å². The summed E-state index contributed by atoms with van der Waals surface area (Å²) in [5, 5.41) is 19.0. The summed E-state index contributed by atoms with van der Waals surface area (Å²) < 4.78 is 27.8. The highest BCUT2D eigenvalue weighted by Gasteiger charge is 2.73. The minimum Gasteiger partial charge on any atom is -0.480 e. The molecule has 2 unspecified atom stereocenters. The maximum atomic E-state index is 11.7. The summed E-state index contributed by atoms with van der Waals surface area (Å²) in [6, 6.07) is 0. The van der Waals surface area contributed by atoms with Crippen LogP contribution in [-0.4, -0.2) is 42.9 Å². The summed E-state index contributed by atoms with van der Waals surface area (Å²) in [6.07, 6.45) is -0.0595. The second-order valence-corrected chi connectivity index (χ2v) is 7.88. The summed E-state index contributed by atoms with van der Waals surface area (Å²) in [5.74, 6) is -5.40. The summed E-state index contributed by atoms with van der Waals surface area (Å²) in [7, 11) is -3.80. The van der Waals surface area contributed by atoms with Gasteiger partial charge in [0.05, 0.1) is 12.4 Å². The normalized spacial score (nSPS) is 28.4. The van der Waals surface area contributed by atoms with Gasteiger partial charge in [0, 0.05) is 11.8 Å². The van der Waals surface area contributed by atoms with Crippen LogP contribution in [0.1, 0.15) is 27.7 Å². The van der Waals surface area contributed by atoms with Gasteiger partial charge >= 0.3 is 11.9 Å². The molecule has 0 saturated heterocycles. The zero-order valence-corrected chi connectivity index (χ0v) is 13.5. The Balaban J connectivity index is 3.42. The van der Waals surface area contributed by atoms with Crippen molar-refractivity contribution in [2.75, 3.05) is 6.26 Å². The molecular formula is C13H22O7S. The van der Waals surface area contributed by atoms with Crippen molar-refractivity contribution in [3.63, 3.8) is 0 Å². The Labute approximate surface area is 124 Å². The Hall–Kier alpha value is -1.15. The monoisotopic (exact) mass is 322 g/mol. The Morgan fingerprint density at radius 2 is 1.33 bits per heavy atom. The second kappa shape index (κ2) is 5.57. The highest BCUT2D eigenvalue weighted by molar-refractivity contribution is 7.86. The van der Waals surface area contributed by atoms with Crippen LogP contribution in [0.25, 0.3) is 0 Å². The quantitative estimate of drug-likeness (QED) is 0.554. The van der Waals surface area contributed by atoms with Gasteiger partial charge in [-0.1, -0.05) is 27.7 Å². The first-order chi connectivity index (χ1) is 9.37. The third-order valence-electron chi connectivity index (χ3n) is 4.19. The number of hydrogen-bond acceptors (Lipinski definition) is 5. The van der Waals surface area contributed by atoms with E-state index in [0.717, 1.165) is 6.26 Å². The molecule has 1 rings (SSSR count). The molecule has 1 aliphatic rings. The van der Waals surface area contributed by atoms with E-state index in [1.807, 2.05) is 0 Å². The van der Waals surface area contributed by atoms with Gasteiger partial charge in [-0.25, -0.2) is 0 Å². The molecule has 1 aliphatic carbocycles. The van der Waals surface area contributed by atoms with Crippen molar-refractivity contribution in [1.29, 1.82) is 0 Å². The Bertz CT molecular complexity index is 503. The lowest BCUT2D eigenvalue weighted by atomic mass is 9.45. The van der Waals surface area contributed by atoms with Crippen LogP contribution in [0.4, 0.5) is 0 Å². The van der Waals surface area contributed by atoms with Crippen LogP contribution < -0.4 is 0 Å². The average molecular weight is 322 g/mol. The summed E-state index contributed by atoms with van der Waals surface area (Å²) in [5.41, 5.74) is -2.02. The van der Waals surface area contributed by atoms with Gasteiger partial charge in [-0.15, -0.1) is 0 Å². The lowest BCUT2D eigenvalue weighted by Gasteiger charge is -2.58.